The Morgan fingerprint density at radius 2 is 2.06 bits per heavy atom. The van der Waals surface area contributed by atoms with E-state index in [0.29, 0.717) is 0 Å². The average Bonchev–Trinajstić information content (AvgIpc) is 2.65. The lowest BCUT2D eigenvalue weighted by Crippen LogP contribution is -2.23. The van der Waals surface area contributed by atoms with E-state index in [1.165, 1.54) is 5.56 Å². The summed E-state index contributed by atoms with van der Waals surface area (Å²) in [7, 11) is 0. The number of halogens is 2. The second kappa shape index (κ2) is 5.94. The van der Waals surface area contributed by atoms with Crippen LogP contribution in [0.25, 0.3) is 0 Å². The van der Waals surface area contributed by atoms with E-state index in [1.54, 1.807) is 11.8 Å². The molecule has 1 saturated heterocycles. The maximum Gasteiger partial charge on any atom is 0.228 e. The molecule has 1 aliphatic rings. The zero-order valence-electron chi connectivity index (χ0n) is 8.92. The van der Waals surface area contributed by atoms with Gasteiger partial charge >= 0.3 is 0 Å². The molecule has 2 nitrogen and oxygen atoms in total. The lowest BCUT2D eigenvalue weighted by molar-refractivity contribution is 0.458. The van der Waals surface area contributed by atoms with E-state index in [0.717, 1.165) is 24.0 Å². The van der Waals surface area contributed by atoms with Crippen LogP contribution in [0.1, 0.15) is 5.56 Å². The Hall–Kier alpha value is 0.270. The monoisotopic (exact) mass is 324 g/mol. The third-order valence-electron chi connectivity index (χ3n) is 2.28. The summed E-state index contributed by atoms with van der Waals surface area (Å²) in [5.74, 6) is 1.01. The van der Waals surface area contributed by atoms with Crippen molar-refractivity contribution in [3.05, 3.63) is 35.9 Å². The van der Waals surface area contributed by atoms with Gasteiger partial charge < -0.3 is 4.90 Å². The Morgan fingerprint density at radius 1 is 1.35 bits per heavy atom. The molecule has 0 atom stereocenters. The van der Waals surface area contributed by atoms with Gasteiger partial charge in [0.05, 0.1) is 0 Å². The molecule has 0 spiro atoms. The van der Waals surface area contributed by atoms with E-state index in [1.807, 2.05) is 18.2 Å². The minimum absolute atomic E-state index is 0.829. The number of benzene rings is 1. The molecule has 0 unspecified atom stereocenters. The number of hydrogen-bond donors (Lipinski definition) is 0. The van der Waals surface area contributed by atoms with Crippen molar-refractivity contribution in [3.8, 4) is 0 Å². The lowest BCUT2D eigenvalue weighted by atomic mass is 10.2. The molecule has 1 heterocycles. The molecule has 2 rings (SSSR count). The van der Waals surface area contributed by atoms with Crippen molar-refractivity contribution >= 4 is 56.1 Å². The molecule has 0 aromatic heterocycles. The summed E-state index contributed by atoms with van der Waals surface area (Å²) in [5, 5.41) is 0.877. The van der Waals surface area contributed by atoms with Gasteiger partial charge in [0.15, 0.2) is 5.17 Å². The van der Waals surface area contributed by atoms with Crippen LogP contribution < -0.4 is 0 Å². The predicted octanol–water partition coefficient (Wildman–Crippen LogP) is 4.29. The average molecular weight is 325 g/mol. The second-order valence-corrected chi connectivity index (χ2v) is 11.9. The largest absolute Gasteiger partial charge is 0.346 e. The van der Waals surface area contributed by atoms with Crippen molar-refractivity contribution < 1.29 is 0 Å². The van der Waals surface area contributed by atoms with Gasteiger partial charge in [-0.2, -0.15) is 4.76 Å². The van der Waals surface area contributed by atoms with Crippen LogP contribution in [0.2, 0.25) is 0 Å². The van der Waals surface area contributed by atoms with E-state index < -0.39 is 4.89 Å². The normalized spacial score (nSPS) is 18.9. The summed E-state index contributed by atoms with van der Waals surface area (Å²) in [6, 6.07) is 10.3. The fourth-order valence-electron chi connectivity index (χ4n) is 1.58. The van der Waals surface area contributed by atoms with E-state index >= 15 is 0 Å². The summed E-state index contributed by atoms with van der Waals surface area (Å²) < 4.78 is 4.25. The lowest BCUT2D eigenvalue weighted by Gasteiger charge is -2.18. The van der Waals surface area contributed by atoms with E-state index in [2.05, 4.69) is 21.8 Å². The highest BCUT2D eigenvalue weighted by Gasteiger charge is 2.21. The fourth-order valence-corrected chi connectivity index (χ4v) is 4.42. The molecule has 92 valence electrons. The fraction of sp³-hybridized carbons (Fsp3) is 0.300. The van der Waals surface area contributed by atoms with Gasteiger partial charge in [-0.15, -0.1) is 0 Å². The van der Waals surface area contributed by atoms with Crippen LogP contribution >= 0.6 is 39.1 Å². The first-order valence-electron chi connectivity index (χ1n) is 5.06. The number of hydrogen-bond acceptors (Lipinski definition) is 2. The maximum absolute atomic E-state index is 5.85. The van der Waals surface area contributed by atoms with Crippen LogP contribution in [0.5, 0.6) is 0 Å². The van der Waals surface area contributed by atoms with Crippen LogP contribution in [0.15, 0.2) is 35.1 Å². The molecular formula is C10H11Cl2N2PS2. The molecule has 1 aromatic rings. The first kappa shape index (κ1) is 13.7. The maximum atomic E-state index is 5.85. The quantitative estimate of drug-likeness (QED) is 0.771. The number of thioether (sulfide) groups is 1. The minimum Gasteiger partial charge on any atom is -0.346 e. The standard InChI is InChI=1S/C10H11Cl2N2PS2/c11-15(12,16)13-10-14(6-7-17-10)8-9-4-2-1-3-5-9/h1-5H,6-8H2/b13-10-. The third kappa shape index (κ3) is 4.46. The Bertz CT molecular complexity index is 461. The minimum atomic E-state index is -2.55. The van der Waals surface area contributed by atoms with Gasteiger partial charge in [-0.3, -0.25) is 0 Å². The molecule has 7 heteroatoms. The zero-order valence-corrected chi connectivity index (χ0v) is 13.0. The van der Waals surface area contributed by atoms with E-state index in [-0.39, 0.29) is 0 Å². The molecule has 1 aromatic carbocycles. The van der Waals surface area contributed by atoms with E-state index in [4.69, 9.17) is 34.3 Å². The van der Waals surface area contributed by atoms with Gasteiger partial charge in [-0.25, -0.2) is 0 Å². The van der Waals surface area contributed by atoms with Crippen LogP contribution in [0, 0.1) is 0 Å². The first-order chi connectivity index (χ1) is 8.04. The molecule has 0 amide bonds. The van der Waals surface area contributed by atoms with Crippen molar-refractivity contribution in [3.63, 3.8) is 0 Å². The van der Waals surface area contributed by atoms with Gasteiger partial charge in [0.2, 0.25) is 4.89 Å². The predicted molar refractivity (Wildman–Crippen MR) is 82.7 cm³/mol. The third-order valence-corrected chi connectivity index (χ3v) is 4.53. The molecule has 1 fully saturated rings. The Balaban J connectivity index is 2.11. The van der Waals surface area contributed by atoms with Crippen molar-refractivity contribution in [1.82, 2.24) is 4.90 Å². The molecule has 0 N–H and O–H groups in total. The van der Waals surface area contributed by atoms with Crippen molar-refractivity contribution in [2.45, 2.75) is 6.54 Å². The van der Waals surface area contributed by atoms with Crippen LogP contribution in [0.4, 0.5) is 0 Å². The molecular weight excluding hydrogens is 314 g/mol. The highest BCUT2D eigenvalue weighted by atomic mass is 35.9. The Labute approximate surface area is 120 Å². The molecule has 0 aliphatic carbocycles. The van der Waals surface area contributed by atoms with E-state index in [9.17, 15) is 0 Å². The topological polar surface area (TPSA) is 15.6 Å². The van der Waals surface area contributed by atoms with Crippen molar-refractivity contribution in [2.75, 3.05) is 12.3 Å². The van der Waals surface area contributed by atoms with Crippen LogP contribution in [-0.2, 0) is 18.4 Å². The highest BCUT2D eigenvalue weighted by molar-refractivity contribution is 8.38. The summed E-state index contributed by atoms with van der Waals surface area (Å²) in [4.78, 5) is -0.381. The van der Waals surface area contributed by atoms with Crippen LogP contribution in [-0.4, -0.2) is 22.4 Å². The molecule has 0 bridgehead atoms. The Morgan fingerprint density at radius 3 is 2.71 bits per heavy atom. The van der Waals surface area contributed by atoms with Gasteiger partial charge in [0.25, 0.3) is 0 Å². The van der Waals surface area contributed by atoms with Crippen molar-refractivity contribution in [2.24, 2.45) is 4.76 Å². The molecule has 0 radical (unpaired) electrons. The van der Waals surface area contributed by atoms with Crippen molar-refractivity contribution in [1.29, 1.82) is 0 Å². The van der Waals surface area contributed by atoms with Crippen LogP contribution in [0.3, 0.4) is 0 Å². The summed E-state index contributed by atoms with van der Waals surface area (Å²) in [6.07, 6.45) is 0. The molecule has 17 heavy (non-hydrogen) atoms. The number of nitrogens with zero attached hydrogens (tertiary/aromatic N) is 2. The second-order valence-electron chi connectivity index (χ2n) is 3.57. The number of amidine groups is 1. The summed E-state index contributed by atoms with van der Waals surface area (Å²) in [6.45, 7) is 1.79. The summed E-state index contributed by atoms with van der Waals surface area (Å²) >= 11 is 18.3. The van der Waals surface area contributed by atoms with Gasteiger partial charge in [-0.05, 0) is 39.9 Å². The molecule has 1 aliphatic heterocycles. The number of rotatable bonds is 3. The zero-order chi connectivity index (χ0) is 12.3. The van der Waals surface area contributed by atoms with Gasteiger partial charge in [0.1, 0.15) is 0 Å². The summed E-state index contributed by atoms with van der Waals surface area (Å²) in [5.41, 5.74) is 1.25. The van der Waals surface area contributed by atoms with Gasteiger partial charge in [-0.1, -0.05) is 42.1 Å². The Kier molecular flexibility index (Phi) is 4.79. The highest BCUT2D eigenvalue weighted by Crippen LogP contribution is 2.59. The van der Waals surface area contributed by atoms with Gasteiger partial charge in [0, 0.05) is 18.8 Å². The SMILES string of the molecule is S=P(Cl)(Cl)/N=C1\SCCN1Cc1ccccc1. The molecule has 0 saturated carbocycles. The first-order valence-corrected chi connectivity index (χ1v) is 10.6. The smallest absolute Gasteiger partial charge is 0.228 e.